The number of benzene rings is 2. The molecule has 0 aliphatic heterocycles. The molecular weight excluding hydrogens is 323 g/mol. The maximum absolute atomic E-state index is 13.0. The zero-order chi connectivity index (χ0) is 18.2. The Hall–Kier alpha value is -2.76. The smallest absolute Gasteiger partial charge is 0.322 e. The fourth-order valence-electron chi connectivity index (χ4n) is 2.37. The molecule has 0 aliphatic rings. The summed E-state index contributed by atoms with van der Waals surface area (Å²) < 4.78 is 23.8. The predicted octanol–water partition coefficient (Wildman–Crippen LogP) is 4.29. The SMILES string of the molecule is CCOc1ccc(CN(CC)C(=O)Nc2ccc(F)cc2)cc1OC. The highest BCUT2D eigenvalue weighted by Gasteiger charge is 2.14. The largest absolute Gasteiger partial charge is 0.493 e. The predicted molar refractivity (Wildman–Crippen MR) is 95.7 cm³/mol. The maximum atomic E-state index is 13.0. The minimum atomic E-state index is -0.341. The van der Waals surface area contributed by atoms with Crippen LogP contribution in [0.15, 0.2) is 42.5 Å². The van der Waals surface area contributed by atoms with Crippen molar-refractivity contribution in [3.8, 4) is 11.5 Å². The molecule has 0 bridgehead atoms. The molecule has 0 atom stereocenters. The molecule has 5 nitrogen and oxygen atoms in total. The average molecular weight is 346 g/mol. The number of nitrogens with one attached hydrogen (secondary N) is 1. The van der Waals surface area contributed by atoms with Crippen LogP contribution in [0.2, 0.25) is 0 Å². The zero-order valence-corrected chi connectivity index (χ0v) is 14.7. The molecule has 0 fully saturated rings. The summed E-state index contributed by atoms with van der Waals surface area (Å²) in [7, 11) is 1.58. The summed E-state index contributed by atoms with van der Waals surface area (Å²) in [4.78, 5) is 14.1. The van der Waals surface area contributed by atoms with Crippen molar-refractivity contribution in [3.05, 3.63) is 53.8 Å². The van der Waals surface area contributed by atoms with Crippen molar-refractivity contribution in [3.63, 3.8) is 0 Å². The number of rotatable bonds is 7. The topological polar surface area (TPSA) is 50.8 Å². The molecule has 6 heteroatoms. The van der Waals surface area contributed by atoms with Crippen LogP contribution >= 0.6 is 0 Å². The van der Waals surface area contributed by atoms with Crippen molar-refractivity contribution in [1.29, 1.82) is 0 Å². The van der Waals surface area contributed by atoms with Gasteiger partial charge in [0.25, 0.3) is 0 Å². The van der Waals surface area contributed by atoms with E-state index in [0.29, 0.717) is 36.9 Å². The Kier molecular flexibility index (Phi) is 6.62. The Morgan fingerprint density at radius 1 is 1.12 bits per heavy atom. The highest BCUT2D eigenvalue weighted by Crippen LogP contribution is 2.28. The summed E-state index contributed by atoms with van der Waals surface area (Å²) in [6, 6.07) is 11.0. The van der Waals surface area contributed by atoms with Crippen LogP contribution in [0.5, 0.6) is 11.5 Å². The Morgan fingerprint density at radius 3 is 2.44 bits per heavy atom. The van der Waals surface area contributed by atoms with Gasteiger partial charge >= 0.3 is 6.03 Å². The van der Waals surface area contributed by atoms with Crippen molar-refractivity contribution < 1.29 is 18.7 Å². The first kappa shape index (κ1) is 18.6. The van der Waals surface area contributed by atoms with Crippen LogP contribution in [-0.4, -0.2) is 31.2 Å². The van der Waals surface area contributed by atoms with Crippen LogP contribution in [0.25, 0.3) is 0 Å². The second kappa shape index (κ2) is 8.92. The van der Waals surface area contributed by atoms with Crippen LogP contribution < -0.4 is 14.8 Å². The molecule has 2 amide bonds. The third-order valence-electron chi connectivity index (χ3n) is 3.67. The molecule has 0 saturated heterocycles. The molecule has 0 spiro atoms. The van der Waals surface area contributed by atoms with Crippen molar-refractivity contribution in [2.24, 2.45) is 0 Å². The molecule has 1 N–H and O–H groups in total. The number of carbonyl (C=O) groups excluding carboxylic acids is 1. The van der Waals surface area contributed by atoms with Crippen LogP contribution in [-0.2, 0) is 6.54 Å². The number of anilines is 1. The summed E-state index contributed by atoms with van der Waals surface area (Å²) in [5.41, 5.74) is 1.48. The van der Waals surface area contributed by atoms with Gasteiger partial charge in [0.1, 0.15) is 5.82 Å². The Bertz CT molecular complexity index is 704. The first-order valence-corrected chi connectivity index (χ1v) is 8.18. The van der Waals surface area contributed by atoms with Crippen LogP contribution in [0.1, 0.15) is 19.4 Å². The fraction of sp³-hybridized carbons (Fsp3) is 0.316. The van der Waals surface area contributed by atoms with E-state index in [1.165, 1.54) is 24.3 Å². The number of urea groups is 1. The van der Waals surface area contributed by atoms with E-state index in [4.69, 9.17) is 9.47 Å². The van der Waals surface area contributed by atoms with E-state index in [1.54, 1.807) is 12.0 Å². The van der Waals surface area contributed by atoms with Gasteiger partial charge in [0.15, 0.2) is 11.5 Å². The first-order chi connectivity index (χ1) is 12.1. The number of carbonyl (C=O) groups is 1. The first-order valence-electron chi connectivity index (χ1n) is 8.18. The molecule has 0 aromatic heterocycles. The normalized spacial score (nSPS) is 10.2. The molecular formula is C19H23FN2O3. The minimum absolute atomic E-state index is 0.248. The van der Waals surface area contributed by atoms with E-state index in [-0.39, 0.29) is 11.8 Å². The highest BCUT2D eigenvalue weighted by atomic mass is 19.1. The van der Waals surface area contributed by atoms with Crippen molar-refractivity contribution in [2.45, 2.75) is 20.4 Å². The van der Waals surface area contributed by atoms with Crippen molar-refractivity contribution in [1.82, 2.24) is 4.90 Å². The van der Waals surface area contributed by atoms with E-state index in [9.17, 15) is 9.18 Å². The van der Waals surface area contributed by atoms with E-state index in [0.717, 1.165) is 5.56 Å². The van der Waals surface area contributed by atoms with Gasteiger partial charge in [-0.15, -0.1) is 0 Å². The number of hydrogen-bond acceptors (Lipinski definition) is 3. The molecule has 2 aromatic rings. The standard InChI is InChI=1S/C19H23FN2O3/c1-4-22(19(23)21-16-9-7-15(20)8-10-16)13-14-6-11-17(25-5-2)18(12-14)24-3/h6-12H,4-5,13H2,1-3H3,(H,21,23). The van der Waals surface area contributed by atoms with Gasteiger partial charge in [-0.2, -0.15) is 0 Å². The summed E-state index contributed by atoms with van der Waals surface area (Å²) >= 11 is 0. The Morgan fingerprint density at radius 2 is 1.84 bits per heavy atom. The van der Waals surface area contributed by atoms with Crippen molar-refractivity contribution in [2.75, 3.05) is 25.6 Å². The second-order valence-electron chi connectivity index (χ2n) is 5.37. The number of nitrogens with zero attached hydrogens (tertiary/aromatic N) is 1. The Labute approximate surface area is 147 Å². The highest BCUT2D eigenvalue weighted by molar-refractivity contribution is 5.89. The molecule has 0 saturated carbocycles. The molecule has 2 rings (SSSR count). The van der Waals surface area contributed by atoms with Gasteiger partial charge < -0.3 is 19.7 Å². The molecule has 0 aliphatic carbocycles. The summed E-state index contributed by atoms with van der Waals surface area (Å²) in [6.45, 7) is 5.31. The molecule has 134 valence electrons. The second-order valence-corrected chi connectivity index (χ2v) is 5.37. The average Bonchev–Trinajstić information content (AvgIpc) is 2.62. The lowest BCUT2D eigenvalue weighted by molar-refractivity contribution is 0.212. The van der Waals surface area contributed by atoms with Gasteiger partial charge in [0, 0.05) is 18.8 Å². The third-order valence-corrected chi connectivity index (χ3v) is 3.67. The molecule has 0 unspecified atom stereocenters. The zero-order valence-electron chi connectivity index (χ0n) is 14.7. The lowest BCUT2D eigenvalue weighted by Crippen LogP contribution is -2.34. The summed E-state index contributed by atoms with van der Waals surface area (Å²) in [6.07, 6.45) is 0. The van der Waals surface area contributed by atoms with E-state index in [1.807, 2.05) is 32.0 Å². The molecule has 2 aromatic carbocycles. The number of amides is 2. The quantitative estimate of drug-likeness (QED) is 0.814. The van der Waals surface area contributed by atoms with Crippen LogP contribution in [0.4, 0.5) is 14.9 Å². The number of hydrogen-bond donors (Lipinski definition) is 1. The lowest BCUT2D eigenvalue weighted by atomic mass is 10.2. The number of halogens is 1. The lowest BCUT2D eigenvalue weighted by Gasteiger charge is -2.22. The van der Waals surface area contributed by atoms with E-state index >= 15 is 0 Å². The summed E-state index contributed by atoms with van der Waals surface area (Å²) in [5, 5.41) is 2.77. The van der Waals surface area contributed by atoms with Crippen LogP contribution in [0, 0.1) is 5.82 Å². The fourth-order valence-corrected chi connectivity index (χ4v) is 2.37. The van der Waals surface area contributed by atoms with E-state index < -0.39 is 0 Å². The molecule has 25 heavy (non-hydrogen) atoms. The van der Waals surface area contributed by atoms with Crippen LogP contribution in [0.3, 0.4) is 0 Å². The van der Waals surface area contributed by atoms with Gasteiger partial charge in [-0.25, -0.2) is 9.18 Å². The maximum Gasteiger partial charge on any atom is 0.322 e. The van der Waals surface area contributed by atoms with Gasteiger partial charge in [0.2, 0.25) is 0 Å². The molecule has 0 radical (unpaired) electrons. The monoisotopic (exact) mass is 346 g/mol. The summed E-state index contributed by atoms with van der Waals surface area (Å²) in [5.74, 6) is 0.966. The Balaban J connectivity index is 2.07. The van der Waals surface area contributed by atoms with Crippen molar-refractivity contribution >= 4 is 11.7 Å². The van der Waals surface area contributed by atoms with E-state index in [2.05, 4.69) is 5.32 Å². The van der Waals surface area contributed by atoms with Gasteiger partial charge in [-0.1, -0.05) is 6.07 Å². The number of ether oxygens (including phenoxy) is 2. The number of methoxy groups -OCH3 is 1. The van der Waals surface area contributed by atoms with Gasteiger partial charge in [-0.05, 0) is 55.8 Å². The minimum Gasteiger partial charge on any atom is -0.493 e. The molecule has 0 heterocycles. The third kappa shape index (κ3) is 5.11. The van der Waals surface area contributed by atoms with Gasteiger partial charge in [-0.3, -0.25) is 0 Å². The van der Waals surface area contributed by atoms with Gasteiger partial charge in [0.05, 0.1) is 13.7 Å².